The van der Waals surface area contributed by atoms with Crippen molar-refractivity contribution in [3.8, 4) is 11.3 Å². The Kier molecular flexibility index (Phi) is 4.27. The van der Waals surface area contributed by atoms with Gasteiger partial charge in [0.1, 0.15) is 0 Å². The molecule has 5 heteroatoms. The Morgan fingerprint density at radius 2 is 2.11 bits per heavy atom. The van der Waals surface area contributed by atoms with E-state index >= 15 is 0 Å². The number of aromatic nitrogens is 2. The van der Waals surface area contributed by atoms with Crippen molar-refractivity contribution < 1.29 is 0 Å². The van der Waals surface area contributed by atoms with Crippen LogP contribution in [0.4, 0.5) is 0 Å². The smallest absolute Gasteiger partial charge is 0.0939 e. The number of aromatic amines is 1. The lowest BCUT2D eigenvalue weighted by atomic mass is 10.1. The fourth-order valence-corrected chi connectivity index (χ4v) is 2.11. The summed E-state index contributed by atoms with van der Waals surface area (Å²) < 4.78 is 0. The van der Waals surface area contributed by atoms with Gasteiger partial charge in [0, 0.05) is 28.7 Å². The van der Waals surface area contributed by atoms with Gasteiger partial charge in [0.25, 0.3) is 0 Å². The second-order valence-electron chi connectivity index (χ2n) is 4.28. The van der Waals surface area contributed by atoms with Gasteiger partial charge in [-0.3, -0.25) is 5.10 Å². The Morgan fingerprint density at radius 3 is 2.83 bits per heavy atom. The molecular formula is C13H15Cl2N3. The summed E-state index contributed by atoms with van der Waals surface area (Å²) in [5, 5.41) is 8.52. The Labute approximate surface area is 116 Å². The predicted molar refractivity (Wildman–Crippen MR) is 76.0 cm³/mol. The molecule has 0 amide bonds. The van der Waals surface area contributed by atoms with Gasteiger partial charge in [-0.05, 0) is 30.7 Å². The summed E-state index contributed by atoms with van der Waals surface area (Å²) in [5.74, 6) is 0. The molecule has 1 unspecified atom stereocenters. The number of rotatable bonds is 4. The third-order valence-electron chi connectivity index (χ3n) is 2.84. The van der Waals surface area contributed by atoms with E-state index in [4.69, 9.17) is 28.9 Å². The number of halogens is 2. The number of benzene rings is 1. The van der Waals surface area contributed by atoms with Crippen molar-refractivity contribution >= 4 is 23.2 Å². The van der Waals surface area contributed by atoms with E-state index in [9.17, 15) is 0 Å². The molecule has 0 spiro atoms. The molecule has 0 saturated carbocycles. The molecule has 1 heterocycles. The van der Waals surface area contributed by atoms with Crippen LogP contribution in [0.3, 0.4) is 0 Å². The van der Waals surface area contributed by atoms with E-state index in [0.717, 1.165) is 29.8 Å². The second-order valence-corrected chi connectivity index (χ2v) is 5.12. The molecule has 18 heavy (non-hydrogen) atoms. The number of nitrogens with two attached hydrogens (primary N) is 1. The molecule has 0 aliphatic carbocycles. The van der Waals surface area contributed by atoms with Crippen molar-refractivity contribution in [3.63, 3.8) is 0 Å². The van der Waals surface area contributed by atoms with E-state index < -0.39 is 0 Å². The molecule has 0 bridgehead atoms. The Hall–Kier alpha value is -1.03. The third-order valence-corrected chi connectivity index (χ3v) is 3.41. The normalized spacial score (nSPS) is 12.7. The minimum absolute atomic E-state index is 0.146. The van der Waals surface area contributed by atoms with Crippen LogP contribution >= 0.6 is 23.2 Å². The zero-order chi connectivity index (χ0) is 13.1. The zero-order valence-electron chi connectivity index (χ0n) is 10.1. The maximum atomic E-state index is 6.14. The molecule has 0 aliphatic heterocycles. The highest BCUT2D eigenvalue weighted by molar-refractivity contribution is 6.35. The number of hydrogen-bond donors (Lipinski definition) is 2. The molecule has 2 rings (SSSR count). The Morgan fingerprint density at radius 1 is 1.33 bits per heavy atom. The third kappa shape index (κ3) is 3.05. The lowest BCUT2D eigenvalue weighted by molar-refractivity contribution is 0.635. The summed E-state index contributed by atoms with van der Waals surface area (Å²) in [6, 6.07) is 7.45. The Bertz CT molecular complexity index is 537. The molecule has 0 aliphatic rings. The highest BCUT2D eigenvalue weighted by atomic mass is 35.5. The highest BCUT2D eigenvalue weighted by Crippen LogP contribution is 2.29. The van der Waals surface area contributed by atoms with Crippen LogP contribution < -0.4 is 5.73 Å². The highest BCUT2D eigenvalue weighted by Gasteiger charge is 2.10. The van der Waals surface area contributed by atoms with Gasteiger partial charge in [-0.25, -0.2) is 0 Å². The molecule has 0 saturated heterocycles. The topological polar surface area (TPSA) is 54.7 Å². The van der Waals surface area contributed by atoms with Crippen molar-refractivity contribution in [1.82, 2.24) is 10.2 Å². The van der Waals surface area contributed by atoms with Gasteiger partial charge >= 0.3 is 0 Å². The maximum absolute atomic E-state index is 6.14. The molecule has 0 radical (unpaired) electrons. The summed E-state index contributed by atoms with van der Waals surface area (Å²) in [6.45, 7) is 2.07. The van der Waals surface area contributed by atoms with E-state index in [-0.39, 0.29) is 6.04 Å². The molecule has 1 aromatic heterocycles. The molecule has 2 aromatic rings. The van der Waals surface area contributed by atoms with E-state index in [1.165, 1.54) is 0 Å². The van der Waals surface area contributed by atoms with Crippen molar-refractivity contribution in [2.45, 2.75) is 25.8 Å². The maximum Gasteiger partial charge on any atom is 0.0939 e. The summed E-state index contributed by atoms with van der Waals surface area (Å²) in [6.07, 6.45) is 1.72. The SMILES string of the molecule is CCC(N)Cc1cc(-c2cc(Cl)ccc2Cl)n[nH]1. The molecule has 3 nitrogen and oxygen atoms in total. The fraction of sp³-hybridized carbons (Fsp3) is 0.308. The first-order chi connectivity index (χ1) is 8.60. The fourth-order valence-electron chi connectivity index (χ4n) is 1.72. The second kappa shape index (κ2) is 5.74. The zero-order valence-corrected chi connectivity index (χ0v) is 11.6. The van der Waals surface area contributed by atoms with Crippen LogP contribution in [0, 0.1) is 0 Å². The molecular weight excluding hydrogens is 269 g/mol. The first-order valence-electron chi connectivity index (χ1n) is 5.85. The first kappa shape index (κ1) is 13.4. The van der Waals surface area contributed by atoms with E-state index in [1.807, 2.05) is 12.1 Å². The van der Waals surface area contributed by atoms with E-state index in [2.05, 4.69) is 17.1 Å². The average Bonchev–Trinajstić information content (AvgIpc) is 2.80. The number of hydrogen-bond acceptors (Lipinski definition) is 2. The largest absolute Gasteiger partial charge is 0.327 e. The minimum Gasteiger partial charge on any atom is -0.327 e. The lowest BCUT2D eigenvalue weighted by Gasteiger charge is -2.04. The van der Waals surface area contributed by atoms with Gasteiger partial charge in [-0.1, -0.05) is 30.1 Å². The minimum atomic E-state index is 0.146. The quantitative estimate of drug-likeness (QED) is 0.900. The van der Waals surface area contributed by atoms with Crippen LogP contribution in [-0.2, 0) is 6.42 Å². The number of H-pyrrole nitrogens is 1. The van der Waals surface area contributed by atoms with E-state index in [0.29, 0.717) is 10.0 Å². The molecule has 1 aromatic carbocycles. The summed E-state index contributed by atoms with van der Waals surface area (Å²) >= 11 is 12.1. The lowest BCUT2D eigenvalue weighted by Crippen LogP contribution is -2.21. The summed E-state index contributed by atoms with van der Waals surface area (Å²) in [7, 11) is 0. The van der Waals surface area contributed by atoms with Gasteiger partial charge in [-0.2, -0.15) is 5.10 Å². The van der Waals surface area contributed by atoms with Crippen molar-refractivity contribution in [2.75, 3.05) is 0 Å². The van der Waals surface area contributed by atoms with Gasteiger partial charge in [0.15, 0.2) is 0 Å². The van der Waals surface area contributed by atoms with Crippen molar-refractivity contribution in [1.29, 1.82) is 0 Å². The van der Waals surface area contributed by atoms with Gasteiger partial charge < -0.3 is 5.73 Å². The van der Waals surface area contributed by atoms with Crippen LogP contribution in [-0.4, -0.2) is 16.2 Å². The molecule has 3 N–H and O–H groups in total. The molecule has 96 valence electrons. The average molecular weight is 284 g/mol. The first-order valence-corrected chi connectivity index (χ1v) is 6.61. The van der Waals surface area contributed by atoms with Crippen LogP contribution in [0.5, 0.6) is 0 Å². The molecule has 0 fully saturated rings. The van der Waals surface area contributed by atoms with E-state index in [1.54, 1.807) is 12.1 Å². The van der Waals surface area contributed by atoms with Crippen molar-refractivity contribution in [2.24, 2.45) is 5.73 Å². The monoisotopic (exact) mass is 283 g/mol. The van der Waals surface area contributed by atoms with Crippen LogP contribution in [0.1, 0.15) is 19.0 Å². The van der Waals surface area contributed by atoms with Crippen LogP contribution in [0.15, 0.2) is 24.3 Å². The Balaban J connectivity index is 2.26. The number of nitrogens with one attached hydrogen (secondary N) is 1. The van der Waals surface area contributed by atoms with Crippen LogP contribution in [0.2, 0.25) is 10.0 Å². The van der Waals surface area contributed by atoms with Gasteiger partial charge in [0.2, 0.25) is 0 Å². The van der Waals surface area contributed by atoms with Crippen LogP contribution in [0.25, 0.3) is 11.3 Å². The predicted octanol–water partition coefficient (Wildman–Crippen LogP) is 3.66. The van der Waals surface area contributed by atoms with Gasteiger partial charge in [-0.15, -0.1) is 0 Å². The summed E-state index contributed by atoms with van der Waals surface area (Å²) in [4.78, 5) is 0. The van der Waals surface area contributed by atoms with Gasteiger partial charge in [0.05, 0.1) is 10.7 Å². The summed E-state index contributed by atoms with van der Waals surface area (Å²) in [5.41, 5.74) is 8.54. The standard InChI is InChI=1S/C13H15Cl2N3/c1-2-9(16)6-10-7-13(18-17-10)11-5-8(14)3-4-12(11)15/h3-5,7,9H,2,6,16H2,1H3,(H,17,18). The molecule has 1 atom stereocenters. The van der Waals surface area contributed by atoms with Crippen molar-refractivity contribution in [3.05, 3.63) is 40.0 Å². The number of nitrogens with zero attached hydrogens (tertiary/aromatic N) is 1.